The van der Waals surface area contributed by atoms with Crippen molar-refractivity contribution in [3.63, 3.8) is 0 Å². The van der Waals surface area contributed by atoms with E-state index in [4.69, 9.17) is 0 Å². The van der Waals surface area contributed by atoms with Crippen LogP contribution in [0.2, 0.25) is 0 Å². The van der Waals surface area contributed by atoms with E-state index in [1.807, 2.05) is 0 Å². The second-order valence-electron chi connectivity index (χ2n) is 4.54. The smallest absolute Gasteiger partial charge is 0.274 e. The summed E-state index contributed by atoms with van der Waals surface area (Å²) in [5.74, 6) is -1.27. The van der Waals surface area contributed by atoms with Crippen LogP contribution in [-0.4, -0.2) is 11.8 Å². The van der Waals surface area contributed by atoms with Crippen molar-refractivity contribution in [3.8, 4) is 0 Å². The molecule has 106 valence electrons. The first-order valence-electron chi connectivity index (χ1n) is 5.99. The topological polar surface area (TPSA) is 37.4 Å². The van der Waals surface area contributed by atoms with Gasteiger partial charge < -0.3 is 0 Å². The van der Waals surface area contributed by atoms with E-state index in [-0.39, 0.29) is 12.1 Å². The minimum Gasteiger partial charge on any atom is -0.274 e. The number of imide groups is 1. The predicted molar refractivity (Wildman–Crippen MR) is 66.9 cm³/mol. The van der Waals surface area contributed by atoms with Gasteiger partial charge in [-0.15, -0.1) is 6.58 Å². The molecule has 1 aliphatic rings. The summed E-state index contributed by atoms with van der Waals surface area (Å²) in [7, 11) is 0. The molecule has 1 aromatic rings. The summed E-state index contributed by atoms with van der Waals surface area (Å²) in [6, 6.07) is 3.98. The van der Waals surface area contributed by atoms with Crippen LogP contribution in [0.15, 0.2) is 36.9 Å². The van der Waals surface area contributed by atoms with Crippen molar-refractivity contribution in [1.29, 1.82) is 0 Å². The lowest BCUT2D eigenvalue weighted by molar-refractivity contribution is -0.137. The molecule has 1 aromatic carbocycles. The number of anilines is 1. The minimum atomic E-state index is -4.44. The normalized spacial score (nSPS) is 19.6. The predicted octanol–water partition coefficient (Wildman–Crippen LogP) is 3.16. The molecule has 0 saturated carbocycles. The summed E-state index contributed by atoms with van der Waals surface area (Å²) in [5, 5.41) is 0. The van der Waals surface area contributed by atoms with Gasteiger partial charge in [0.05, 0.1) is 17.2 Å². The van der Waals surface area contributed by atoms with E-state index in [2.05, 4.69) is 6.58 Å². The van der Waals surface area contributed by atoms with Crippen molar-refractivity contribution in [2.75, 3.05) is 4.90 Å². The van der Waals surface area contributed by atoms with E-state index in [1.54, 1.807) is 6.08 Å². The molecule has 0 radical (unpaired) electrons. The van der Waals surface area contributed by atoms with Gasteiger partial charge >= 0.3 is 6.18 Å². The van der Waals surface area contributed by atoms with Crippen LogP contribution >= 0.6 is 0 Å². The Hall–Kier alpha value is -2.11. The number of hydrogen-bond acceptors (Lipinski definition) is 2. The fraction of sp³-hybridized carbons (Fsp3) is 0.286. The number of alkyl halides is 3. The summed E-state index contributed by atoms with van der Waals surface area (Å²) in [6.07, 6.45) is -2.46. The molecule has 0 N–H and O–H groups in total. The fourth-order valence-electron chi connectivity index (χ4n) is 2.15. The zero-order chi connectivity index (χ0) is 14.9. The highest BCUT2D eigenvalue weighted by molar-refractivity contribution is 6.20. The van der Waals surface area contributed by atoms with Crippen molar-refractivity contribution < 1.29 is 22.8 Å². The summed E-state index contributed by atoms with van der Waals surface area (Å²) >= 11 is 0. The van der Waals surface area contributed by atoms with E-state index >= 15 is 0 Å². The van der Waals surface area contributed by atoms with E-state index in [0.29, 0.717) is 6.42 Å². The molecule has 6 heteroatoms. The number of carbonyl (C=O) groups is 2. The number of rotatable bonds is 3. The van der Waals surface area contributed by atoms with Crippen LogP contribution in [0.25, 0.3) is 0 Å². The molecule has 1 aliphatic heterocycles. The number of nitrogens with zero attached hydrogens (tertiary/aromatic N) is 1. The third kappa shape index (κ3) is 2.59. The first-order valence-corrected chi connectivity index (χ1v) is 5.99. The van der Waals surface area contributed by atoms with Gasteiger partial charge in [0.25, 0.3) is 0 Å². The summed E-state index contributed by atoms with van der Waals surface area (Å²) in [6.45, 7) is 3.51. The van der Waals surface area contributed by atoms with Crippen LogP contribution in [0.4, 0.5) is 18.9 Å². The number of halogens is 3. The molecule has 1 unspecified atom stereocenters. The second kappa shape index (κ2) is 5.11. The molecule has 0 spiro atoms. The van der Waals surface area contributed by atoms with Crippen molar-refractivity contribution in [1.82, 2.24) is 0 Å². The molecule has 0 aliphatic carbocycles. The standard InChI is InChI=1S/C14H12F3NO2/c1-2-3-9-8-12(19)18(13(9)20)11-6-4-10(5-7-11)14(15,16)17/h2,4-7,9H,1,3,8H2. The van der Waals surface area contributed by atoms with Crippen LogP contribution in [-0.2, 0) is 15.8 Å². The van der Waals surface area contributed by atoms with Crippen LogP contribution in [0, 0.1) is 5.92 Å². The lowest BCUT2D eigenvalue weighted by atomic mass is 10.0. The van der Waals surface area contributed by atoms with Gasteiger partial charge in [0.1, 0.15) is 0 Å². The van der Waals surface area contributed by atoms with Crippen molar-refractivity contribution in [2.24, 2.45) is 5.92 Å². The number of allylic oxidation sites excluding steroid dienone is 1. The first-order chi connectivity index (χ1) is 9.34. The van der Waals surface area contributed by atoms with Crippen LogP contribution in [0.1, 0.15) is 18.4 Å². The number of carbonyl (C=O) groups excluding carboxylic acids is 2. The van der Waals surface area contributed by atoms with E-state index < -0.39 is 29.5 Å². The number of benzene rings is 1. The van der Waals surface area contributed by atoms with Gasteiger partial charge in [0.15, 0.2) is 0 Å². The van der Waals surface area contributed by atoms with Gasteiger partial charge in [0.2, 0.25) is 11.8 Å². The second-order valence-corrected chi connectivity index (χ2v) is 4.54. The van der Waals surface area contributed by atoms with Gasteiger partial charge in [-0.05, 0) is 30.7 Å². The van der Waals surface area contributed by atoms with Crippen molar-refractivity contribution in [3.05, 3.63) is 42.5 Å². The fourth-order valence-corrected chi connectivity index (χ4v) is 2.15. The van der Waals surface area contributed by atoms with E-state index in [0.717, 1.165) is 29.2 Å². The Morgan fingerprint density at radius 2 is 1.85 bits per heavy atom. The number of amides is 2. The first kappa shape index (κ1) is 14.3. The molecule has 1 heterocycles. The highest BCUT2D eigenvalue weighted by Crippen LogP contribution is 2.33. The van der Waals surface area contributed by atoms with Crippen LogP contribution in [0.3, 0.4) is 0 Å². The molecule has 1 fully saturated rings. The molecule has 2 amide bonds. The Bertz CT molecular complexity index is 549. The average Bonchev–Trinajstić information content (AvgIpc) is 2.64. The van der Waals surface area contributed by atoms with E-state index in [1.165, 1.54) is 0 Å². The maximum Gasteiger partial charge on any atom is 0.416 e. The molecule has 2 rings (SSSR count). The van der Waals surface area contributed by atoms with E-state index in [9.17, 15) is 22.8 Å². The maximum atomic E-state index is 12.5. The summed E-state index contributed by atoms with van der Waals surface area (Å²) in [4.78, 5) is 24.8. The van der Waals surface area contributed by atoms with Gasteiger partial charge in [-0.3, -0.25) is 14.5 Å². The van der Waals surface area contributed by atoms with Crippen LogP contribution in [0.5, 0.6) is 0 Å². The Morgan fingerprint density at radius 3 is 2.35 bits per heavy atom. The van der Waals surface area contributed by atoms with Gasteiger partial charge in [-0.2, -0.15) is 13.2 Å². The molecule has 0 aromatic heterocycles. The van der Waals surface area contributed by atoms with Gasteiger partial charge in [-0.1, -0.05) is 6.08 Å². The van der Waals surface area contributed by atoms with Crippen LogP contribution < -0.4 is 4.90 Å². The molecule has 3 nitrogen and oxygen atoms in total. The Morgan fingerprint density at radius 1 is 1.25 bits per heavy atom. The quantitative estimate of drug-likeness (QED) is 0.631. The largest absolute Gasteiger partial charge is 0.416 e. The summed E-state index contributed by atoms with van der Waals surface area (Å²) < 4.78 is 37.4. The SMILES string of the molecule is C=CCC1CC(=O)N(c2ccc(C(F)(F)F)cc2)C1=O. The minimum absolute atomic E-state index is 0.0614. The molecule has 1 saturated heterocycles. The molecular weight excluding hydrogens is 271 g/mol. The van der Waals surface area contributed by atoms with Crippen molar-refractivity contribution >= 4 is 17.5 Å². The monoisotopic (exact) mass is 283 g/mol. The molecular formula is C14H12F3NO2. The van der Waals surface area contributed by atoms with Gasteiger partial charge in [0, 0.05) is 6.42 Å². The lowest BCUT2D eigenvalue weighted by Gasteiger charge is -2.15. The Labute approximate surface area is 113 Å². The highest BCUT2D eigenvalue weighted by atomic mass is 19.4. The summed E-state index contributed by atoms with van der Waals surface area (Å²) in [5.41, 5.74) is -0.650. The third-order valence-electron chi connectivity index (χ3n) is 3.14. The maximum absolute atomic E-state index is 12.5. The lowest BCUT2D eigenvalue weighted by Crippen LogP contribution is -2.30. The molecule has 0 bridgehead atoms. The third-order valence-corrected chi connectivity index (χ3v) is 3.14. The van der Waals surface area contributed by atoms with Gasteiger partial charge in [-0.25, -0.2) is 0 Å². The average molecular weight is 283 g/mol. The molecule has 1 atom stereocenters. The Balaban J connectivity index is 2.26. The molecule has 20 heavy (non-hydrogen) atoms. The Kier molecular flexibility index (Phi) is 3.65. The zero-order valence-corrected chi connectivity index (χ0v) is 10.5. The highest BCUT2D eigenvalue weighted by Gasteiger charge is 2.39. The number of hydrogen-bond donors (Lipinski definition) is 0. The van der Waals surface area contributed by atoms with Crippen molar-refractivity contribution in [2.45, 2.75) is 19.0 Å². The zero-order valence-electron chi connectivity index (χ0n) is 10.5.